The van der Waals surface area contributed by atoms with Crippen molar-refractivity contribution in [1.82, 2.24) is 4.90 Å². The maximum Gasteiger partial charge on any atom is 0.0497 e. The van der Waals surface area contributed by atoms with Gasteiger partial charge >= 0.3 is 0 Å². The fourth-order valence-electron chi connectivity index (χ4n) is 7.94. The smallest absolute Gasteiger partial charge is 0.0497 e. The highest BCUT2D eigenvalue weighted by molar-refractivity contribution is 5.82. The molecule has 35 heavy (non-hydrogen) atoms. The second kappa shape index (κ2) is 7.23. The van der Waals surface area contributed by atoms with Crippen LogP contribution in [0.4, 0.5) is 11.4 Å². The number of nitrogens with one attached hydrogen (secondary N) is 1. The summed E-state index contributed by atoms with van der Waals surface area (Å²) in [6.45, 7) is 9.63. The minimum atomic E-state index is 0.216. The zero-order valence-electron chi connectivity index (χ0n) is 21.7. The van der Waals surface area contributed by atoms with Gasteiger partial charge in [-0.1, -0.05) is 76.2 Å². The molecule has 3 fully saturated rings. The Labute approximate surface area is 210 Å². The lowest BCUT2D eigenvalue weighted by atomic mass is 9.63. The average Bonchev–Trinajstić information content (AvgIpc) is 2.96. The largest absolute Gasteiger partial charge is 0.355 e. The first-order valence-electron chi connectivity index (χ1n) is 13.7. The Morgan fingerprint density at radius 1 is 0.743 bits per heavy atom. The van der Waals surface area contributed by atoms with Gasteiger partial charge in [0, 0.05) is 34.6 Å². The Morgan fingerprint density at radius 2 is 1.46 bits per heavy atom. The van der Waals surface area contributed by atoms with Gasteiger partial charge in [0.2, 0.25) is 0 Å². The summed E-state index contributed by atoms with van der Waals surface area (Å²) in [7, 11) is 0. The summed E-state index contributed by atoms with van der Waals surface area (Å²) in [6, 6.07) is 27.0. The quantitative estimate of drug-likeness (QED) is 0.419. The van der Waals surface area contributed by atoms with Gasteiger partial charge in [0.15, 0.2) is 0 Å². The summed E-state index contributed by atoms with van der Waals surface area (Å²) >= 11 is 0. The zero-order valence-corrected chi connectivity index (χ0v) is 21.7. The maximum absolute atomic E-state index is 3.81. The fraction of sp³-hybridized carbons (Fsp3) is 0.455. The van der Waals surface area contributed by atoms with Crippen LogP contribution in [0.5, 0.6) is 0 Å². The van der Waals surface area contributed by atoms with Crippen molar-refractivity contribution < 1.29 is 0 Å². The first-order chi connectivity index (χ1) is 16.8. The van der Waals surface area contributed by atoms with Crippen LogP contribution in [0.15, 0.2) is 66.7 Å². The van der Waals surface area contributed by atoms with E-state index in [0.717, 1.165) is 12.1 Å². The Morgan fingerprint density at radius 3 is 2.23 bits per heavy atom. The molecule has 1 unspecified atom stereocenters. The minimum Gasteiger partial charge on any atom is -0.355 e. The molecule has 0 bridgehead atoms. The molecule has 4 aliphatic rings. The molecule has 0 spiro atoms. The van der Waals surface area contributed by atoms with Crippen molar-refractivity contribution in [3.05, 3.63) is 83.4 Å². The number of rotatable bonds is 4. The Balaban J connectivity index is 1.22. The number of benzene rings is 3. The number of fused-ring (bicyclic) bond motifs is 1. The molecule has 0 aromatic heterocycles. The van der Waals surface area contributed by atoms with E-state index < -0.39 is 0 Å². The van der Waals surface area contributed by atoms with E-state index in [1.165, 1.54) is 77.7 Å². The van der Waals surface area contributed by atoms with E-state index in [-0.39, 0.29) is 10.8 Å². The summed E-state index contributed by atoms with van der Waals surface area (Å²) in [5.41, 5.74) is 10.3. The SMILES string of the molecule is CC1(C)CCC(C)(C)c2cc(-c3ccccc3Nc3cccc(C45C[C@H]6CC[C@@H](C4)N65)c3)ccc21. The molecule has 3 aliphatic heterocycles. The summed E-state index contributed by atoms with van der Waals surface area (Å²) in [4.78, 5) is 2.82. The molecule has 1 N–H and O–H groups in total. The number of piperidine rings is 1. The molecule has 2 nitrogen and oxygen atoms in total. The van der Waals surface area contributed by atoms with Gasteiger partial charge in [-0.2, -0.15) is 0 Å². The third-order valence-electron chi connectivity index (χ3n) is 10.0. The van der Waals surface area contributed by atoms with Crippen molar-refractivity contribution in [3.8, 4) is 11.1 Å². The van der Waals surface area contributed by atoms with Crippen LogP contribution in [0.2, 0.25) is 0 Å². The third-order valence-corrected chi connectivity index (χ3v) is 10.0. The lowest BCUT2D eigenvalue weighted by molar-refractivity contribution is -0.171. The lowest BCUT2D eigenvalue weighted by Gasteiger charge is -2.67. The van der Waals surface area contributed by atoms with Gasteiger partial charge in [-0.25, -0.2) is 0 Å². The van der Waals surface area contributed by atoms with E-state index >= 15 is 0 Å². The Kier molecular flexibility index (Phi) is 4.48. The van der Waals surface area contributed by atoms with E-state index in [9.17, 15) is 0 Å². The molecule has 0 radical (unpaired) electrons. The van der Waals surface area contributed by atoms with E-state index in [4.69, 9.17) is 0 Å². The molecule has 3 aromatic rings. The predicted molar refractivity (Wildman–Crippen MR) is 146 cm³/mol. The van der Waals surface area contributed by atoms with E-state index in [1.54, 1.807) is 0 Å². The van der Waals surface area contributed by atoms with Crippen LogP contribution < -0.4 is 5.32 Å². The van der Waals surface area contributed by atoms with Gasteiger partial charge in [-0.05, 0) is 89.8 Å². The average molecular weight is 463 g/mol. The molecule has 3 saturated heterocycles. The monoisotopic (exact) mass is 462 g/mol. The van der Waals surface area contributed by atoms with Crippen molar-refractivity contribution in [3.63, 3.8) is 0 Å². The highest BCUT2D eigenvalue weighted by atomic mass is 15.4. The first kappa shape index (κ1) is 21.7. The van der Waals surface area contributed by atoms with Crippen molar-refractivity contribution in [2.45, 2.75) is 94.7 Å². The molecule has 0 saturated carbocycles. The number of nitrogens with zero attached hydrogens (tertiary/aromatic N) is 1. The summed E-state index contributed by atoms with van der Waals surface area (Å²) in [6.07, 6.45) is 8.01. The molecular weight excluding hydrogens is 424 g/mol. The van der Waals surface area contributed by atoms with Gasteiger partial charge in [-0.15, -0.1) is 0 Å². The van der Waals surface area contributed by atoms with Crippen LogP contribution in [-0.4, -0.2) is 17.0 Å². The topological polar surface area (TPSA) is 15.3 Å². The van der Waals surface area contributed by atoms with Crippen LogP contribution in [0.3, 0.4) is 0 Å². The van der Waals surface area contributed by atoms with Crippen LogP contribution in [0.1, 0.15) is 82.9 Å². The van der Waals surface area contributed by atoms with Crippen LogP contribution in [-0.2, 0) is 16.4 Å². The molecule has 0 amide bonds. The van der Waals surface area contributed by atoms with Crippen molar-refractivity contribution in [1.29, 1.82) is 0 Å². The van der Waals surface area contributed by atoms with E-state index in [1.807, 2.05) is 0 Å². The molecular formula is C33H38N2. The second-order valence-electron chi connectivity index (χ2n) is 13.0. The number of anilines is 2. The fourth-order valence-corrected chi connectivity index (χ4v) is 7.94. The molecule has 1 aliphatic carbocycles. The van der Waals surface area contributed by atoms with Crippen LogP contribution in [0.25, 0.3) is 11.1 Å². The van der Waals surface area contributed by atoms with Crippen molar-refractivity contribution in [2.24, 2.45) is 0 Å². The van der Waals surface area contributed by atoms with Crippen molar-refractivity contribution in [2.75, 3.05) is 5.32 Å². The Bertz CT molecular complexity index is 1300. The zero-order chi connectivity index (χ0) is 24.0. The highest BCUT2D eigenvalue weighted by Crippen LogP contribution is 2.63. The Hall–Kier alpha value is -2.58. The van der Waals surface area contributed by atoms with Crippen LogP contribution in [0, 0.1) is 0 Å². The van der Waals surface area contributed by atoms with Gasteiger partial charge < -0.3 is 5.32 Å². The molecule has 3 heterocycles. The predicted octanol–water partition coefficient (Wildman–Crippen LogP) is 8.28. The lowest BCUT2D eigenvalue weighted by Crippen LogP contribution is -2.72. The van der Waals surface area contributed by atoms with Crippen molar-refractivity contribution >= 4 is 11.4 Å². The van der Waals surface area contributed by atoms with Gasteiger partial charge in [0.1, 0.15) is 0 Å². The molecule has 2 heteroatoms. The standard InChI is InChI=1S/C33H38N2/c1-31(2)16-17-32(3,4)29-18-22(12-15-28(29)31)27-10-5-6-11-30(27)34-24-9-7-8-23(19-24)33-20-25-13-14-26(21-33)35(25)33/h5-12,15,18-19,25-26,34H,13-14,16-17,20-21H2,1-4H3/t25-,26+,33?. The van der Waals surface area contributed by atoms with Gasteiger partial charge in [0.25, 0.3) is 0 Å². The normalized spacial score (nSPS) is 29.5. The maximum atomic E-state index is 3.81. The highest BCUT2D eigenvalue weighted by Gasteiger charge is 2.66. The van der Waals surface area contributed by atoms with Crippen LogP contribution >= 0.6 is 0 Å². The molecule has 7 rings (SSSR count). The number of hydrogen-bond acceptors (Lipinski definition) is 2. The molecule has 180 valence electrons. The minimum absolute atomic E-state index is 0.216. The number of para-hydroxylation sites is 1. The van der Waals surface area contributed by atoms with E-state index in [0.29, 0.717) is 5.54 Å². The summed E-state index contributed by atoms with van der Waals surface area (Å²) in [5, 5.41) is 3.81. The van der Waals surface area contributed by atoms with Gasteiger partial charge in [0.05, 0.1) is 0 Å². The van der Waals surface area contributed by atoms with E-state index in [2.05, 4.69) is 105 Å². The second-order valence-corrected chi connectivity index (χ2v) is 13.0. The molecule has 3 atom stereocenters. The van der Waals surface area contributed by atoms with Gasteiger partial charge in [-0.3, -0.25) is 4.90 Å². The number of hydrogen-bond donors (Lipinski definition) is 1. The summed E-state index contributed by atoms with van der Waals surface area (Å²) in [5.74, 6) is 0. The molecule has 3 aromatic carbocycles. The summed E-state index contributed by atoms with van der Waals surface area (Å²) < 4.78 is 0. The first-order valence-corrected chi connectivity index (χ1v) is 13.7. The third kappa shape index (κ3) is 3.12.